The second kappa shape index (κ2) is 5.09. The Kier molecular flexibility index (Phi) is 3.70. The first-order chi connectivity index (χ1) is 8.63. The Morgan fingerprint density at radius 2 is 2.11 bits per heavy atom. The lowest BCUT2D eigenvalue weighted by Gasteiger charge is -2.42. The summed E-state index contributed by atoms with van der Waals surface area (Å²) in [5, 5.41) is 9.25. The van der Waals surface area contributed by atoms with Gasteiger partial charge in [-0.05, 0) is 30.6 Å². The number of Topliss-reactive ketones (excluding diaryl/α,β-unsaturated/α-hetero) is 1. The molecule has 0 radical (unpaired) electrons. The molecule has 2 fully saturated rings. The number of esters is 1. The number of nitriles is 1. The summed E-state index contributed by atoms with van der Waals surface area (Å²) in [6.45, 7) is 0. The minimum Gasteiger partial charge on any atom is -0.468 e. The van der Waals surface area contributed by atoms with Gasteiger partial charge in [-0.1, -0.05) is 12.8 Å². The van der Waals surface area contributed by atoms with E-state index < -0.39 is 11.9 Å². The van der Waals surface area contributed by atoms with Crippen LogP contribution in [0.2, 0.25) is 0 Å². The van der Waals surface area contributed by atoms with Crippen LogP contribution in [0.1, 0.15) is 44.9 Å². The van der Waals surface area contributed by atoms with Crippen molar-refractivity contribution in [3.8, 4) is 6.07 Å². The molecule has 0 aliphatic heterocycles. The van der Waals surface area contributed by atoms with Gasteiger partial charge in [0.05, 0.1) is 13.2 Å². The van der Waals surface area contributed by atoms with Gasteiger partial charge in [0.2, 0.25) is 0 Å². The fourth-order valence-corrected chi connectivity index (χ4v) is 3.74. The van der Waals surface area contributed by atoms with Crippen LogP contribution in [-0.4, -0.2) is 18.9 Å². The Balaban J connectivity index is 2.27. The zero-order chi connectivity index (χ0) is 13.2. The third-order valence-electron chi connectivity index (χ3n) is 4.73. The molecule has 0 N–H and O–H groups in total. The van der Waals surface area contributed by atoms with E-state index in [9.17, 15) is 14.9 Å². The van der Waals surface area contributed by atoms with Crippen LogP contribution in [0.5, 0.6) is 0 Å². The van der Waals surface area contributed by atoms with Gasteiger partial charge < -0.3 is 4.74 Å². The third-order valence-corrected chi connectivity index (χ3v) is 4.73. The van der Waals surface area contributed by atoms with E-state index in [1.54, 1.807) is 0 Å². The molecule has 0 aromatic rings. The summed E-state index contributed by atoms with van der Waals surface area (Å²) in [4.78, 5) is 23.4. The quantitative estimate of drug-likeness (QED) is 0.704. The van der Waals surface area contributed by atoms with Crippen molar-refractivity contribution in [2.75, 3.05) is 7.11 Å². The minimum atomic E-state index is -0.780. The van der Waals surface area contributed by atoms with Gasteiger partial charge in [0, 0.05) is 12.8 Å². The summed E-state index contributed by atoms with van der Waals surface area (Å²) in [6, 6.07) is 2.07. The van der Waals surface area contributed by atoms with Crippen molar-refractivity contribution < 1.29 is 14.3 Å². The molecule has 2 aliphatic carbocycles. The van der Waals surface area contributed by atoms with Crippen molar-refractivity contribution in [2.24, 2.45) is 17.3 Å². The molecule has 0 bridgehead atoms. The third kappa shape index (κ3) is 2.14. The predicted octanol–water partition coefficient (Wildman–Crippen LogP) is 2.23. The molecule has 0 aromatic carbocycles. The predicted molar refractivity (Wildman–Crippen MR) is 64.4 cm³/mol. The molecule has 98 valence electrons. The first-order valence-electron chi connectivity index (χ1n) is 6.62. The fourth-order valence-electron chi connectivity index (χ4n) is 3.74. The maximum absolute atomic E-state index is 11.7. The number of nitrogens with zero attached hydrogens (tertiary/aromatic N) is 1. The van der Waals surface area contributed by atoms with E-state index in [-0.39, 0.29) is 17.1 Å². The van der Waals surface area contributed by atoms with Crippen LogP contribution in [0, 0.1) is 28.6 Å². The van der Waals surface area contributed by atoms with Crippen LogP contribution in [0.4, 0.5) is 0 Å². The van der Waals surface area contributed by atoms with Crippen molar-refractivity contribution >= 4 is 11.8 Å². The van der Waals surface area contributed by atoms with Crippen LogP contribution >= 0.6 is 0 Å². The van der Waals surface area contributed by atoms with Crippen LogP contribution < -0.4 is 0 Å². The SMILES string of the molecule is COC(=O)C(C#N)C1CC(=O)CCC12CCCC2. The topological polar surface area (TPSA) is 67.2 Å². The van der Waals surface area contributed by atoms with E-state index in [1.807, 2.05) is 0 Å². The Morgan fingerprint density at radius 3 is 2.67 bits per heavy atom. The molecular formula is C14H19NO3. The summed E-state index contributed by atoms with van der Waals surface area (Å²) in [5.41, 5.74) is 0.0303. The molecule has 2 saturated carbocycles. The van der Waals surface area contributed by atoms with Gasteiger partial charge in [-0.2, -0.15) is 5.26 Å². The summed E-state index contributed by atoms with van der Waals surface area (Å²) in [5.74, 6) is -1.22. The largest absolute Gasteiger partial charge is 0.468 e. The Morgan fingerprint density at radius 1 is 1.44 bits per heavy atom. The summed E-state index contributed by atoms with van der Waals surface area (Å²) in [6.07, 6.45) is 6.18. The van der Waals surface area contributed by atoms with E-state index in [1.165, 1.54) is 7.11 Å². The molecule has 0 saturated heterocycles. The number of carbonyl (C=O) groups is 2. The molecule has 4 heteroatoms. The average molecular weight is 249 g/mol. The highest BCUT2D eigenvalue weighted by atomic mass is 16.5. The molecule has 0 aromatic heterocycles. The summed E-state index contributed by atoms with van der Waals surface area (Å²) < 4.78 is 4.72. The van der Waals surface area contributed by atoms with Crippen LogP contribution in [0.3, 0.4) is 0 Å². The summed E-state index contributed by atoms with van der Waals surface area (Å²) >= 11 is 0. The number of carbonyl (C=O) groups excluding carboxylic acids is 2. The zero-order valence-corrected chi connectivity index (χ0v) is 10.8. The van der Waals surface area contributed by atoms with E-state index in [0.29, 0.717) is 12.8 Å². The maximum Gasteiger partial charge on any atom is 0.323 e. The lowest BCUT2D eigenvalue weighted by atomic mass is 9.60. The second-order valence-electron chi connectivity index (χ2n) is 5.55. The van der Waals surface area contributed by atoms with Crippen LogP contribution in [0.25, 0.3) is 0 Å². The number of ether oxygens (including phenoxy) is 1. The van der Waals surface area contributed by atoms with Crippen LogP contribution in [0.15, 0.2) is 0 Å². The number of ketones is 1. The molecule has 0 amide bonds. The van der Waals surface area contributed by atoms with Crippen molar-refractivity contribution in [1.82, 2.24) is 0 Å². The fraction of sp³-hybridized carbons (Fsp3) is 0.786. The second-order valence-corrected chi connectivity index (χ2v) is 5.55. The van der Waals surface area contributed by atoms with E-state index in [2.05, 4.69) is 6.07 Å². The Labute approximate surface area is 107 Å². The lowest BCUT2D eigenvalue weighted by Crippen LogP contribution is -2.41. The average Bonchev–Trinajstić information content (AvgIpc) is 2.84. The number of methoxy groups -OCH3 is 1. The molecular weight excluding hydrogens is 230 g/mol. The molecule has 4 nitrogen and oxygen atoms in total. The van der Waals surface area contributed by atoms with Crippen LogP contribution in [-0.2, 0) is 14.3 Å². The van der Waals surface area contributed by atoms with Crippen molar-refractivity contribution in [3.63, 3.8) is 0 Å². The number of hydrogen-bond acceptors (Lipinski definition) is 4. The minimum absolute atomic E-state index is 0.0303. The van der Waals surface area contributed by atoms with Gasteiger partial charge in [-0.3, -0.25) is 9.59 Å². The van der Waals surface area contributed by atoms with Gasteiger partial charge in [-0.15, -0.1) is 0 Å². The Hall–Kier alpha value is -1.37. The van der Waals surface area contributed by atoms with Crippen molar-refractivity contribution in [2.45, 2.75) is 44.9 Å². The maximum atomic E-state index is 11.7. The normalized spacial score (nSPS) is 27.8. The van der Waals surface area contributed by atoms with Gasteiger partial charge in [-0.25, -0.2) is 0 Å². The van der Waals surface area contributed by atoms with Crippen molar-refractivity contribution in [3.05, 3.63) is 0 Å². The van der Waals surface area contributed by atoms with Gasteiger partial charge >= 0.3 is 5.97 Å². The first kappa shape index (κ1) is 13.1. The molecule has 18 heavy (non-hydrogen) atoms. The number of hydrogen-bond donors (Lipinski definition) is 0. The molecule has 0 heterocycles. The highest BCUT2D eigenvalue weighted by Gasteiger charge is 2.50. The van der Waals surface area contributed by atoms with Gasteiger partial charge in [0.15, 0.2) is 0 Å². The molecule has 2 rings (SSSR count). The van der Waals surface area contributed by atoms with E-state index >= 15 is 0 Å². The number of rotatable bonds is 2. The monoisotopic (exact) mass is 249 g/mol. The molecule has 2 atom stereocenters. The summed E-state index contributed by atoms with van der Waals surface area (Å²) in [7, 11) is 1.30. The molecule has 2 aliphatic rings. The van der Waals surface area contributed by atoms with E-state index in [0.717, 1.165) is 32.1 Å². The van der Waals surface area contributed by atoms with Crippen molar-refractivity contribution in [1.29, 1.82) is 5.26 Å². The standard InChI is InChI=1S/C14H19NO3/c1-18-13(17)11(9-15)12-8-10(16)4-7-14(12)5-2-3-6-14/h11-12H,2-8H2,1H3. The van der Waals surface area contributed by atoms with Gasteiger partial charge in [0.1, 0.15) is 11.7 Å². The lowest BCUT2D eigenvalue weighted by molar-refractivity contribution is -0.148. The zero-order valence-electron chi connectivity index (χ0n) is 10.8. The highest BCUT2D eigenvalue weighted by Crippen LogP contribution is 2.54. The Bertz CT molecular complexity index is 390. The molecule has 1 spiro atoms. The highest BCUT2D eigenvalue weighted by molar-refractivity contribution is 5.82. The first-order valence-corrected chi connectivity index (χ1v) is 6.62. The van der Waals surface area contributed by atoms with Gasteiger partial charge in [0.25, 0.3) is 0 Å². The molecule has 2 unspecified atom stereocenters. The smallest absolute Gasteiger partial charge is 0.323 e. The van der Waals surface area contributed by atoms with E-state index in [4.69, 9.17) is 4.74 Å².